The lowest BCUT2D eigenvalue weighted by atomic mass is 10.2. The fraction of sp³-hybridized carbons (Fsp3) is 0.400. The smallest absolute Gasteiger partial charge is 0.269 e. The third kappa shape index (κ3) is 5.27. The van der Waals surface area contributed by atoms with Gasteiger partial charge in [-0.05, 0) is 55.0 Å². The molecule has 1 amide bonds. The number of tetrazole rings is 1. The fourth-order valence-electron chi connectivity index (χ4n) is 1.86. The van der Waals surface area contributed by atoms with Crippen LogP contribution in [0.3, 0.4) is 0 Å². The molecule has 0 spiro atoms. The molecule has 8 nitrogen and oxygen atoms in total. The lowest BCUT2D eigenvalue weighted by Gasteiger charge is -2.07. The average molecular weight is 348 g/mol. The molecule has 0 saturated heterocycles. The van der Waals surface area contributed by atoms with E-state index >= 15 is 0 Å². The number of nitrogens with zero attached hydrogens (tertiary/aromatic N) is 4. The third-order valence-electron chi connectivity index (χ3n) is 3.04. The molecule has 0 aliphatic heterocycles. The van der Waals surface area contributed by atoms with Gasteiger partial charge in [-0.15, -0.1) is 5.10 Å². The Morgan fingerprint density at radius 1 is 1.29 bits per heavy atom. The Labute approximate surface area is 145 Å². The molecule has 0 unspecified atom stereocenters. The minimum Gasteiger partial charge on any atom is -0.494 e. The summed E-state index contributed by atoms with van der Waals surface area (Å²) < 4.78 is 5.34. The van der Waals surface area contributed by atoms with Crippen molar-refractivity contribution >= 4 is 29.2 Å². The van der Waals surface area contributed by atoms with Crippen molar-refractivity contribution in [1.82, 2.24) is 25.5 Å². The van der Waals surface area contributed by atoms with Gasteiger partial charge in [-0.2, -0.15) is 4.80 Å². The molecule has 0 bridgehead atoms. The van der Waals surface area contributed by atoms with Crippen molar-refractivity contribution < 1.29 is 9.53 Å². The third-order valence-corrected chi connectivity index (χ3v) is 3.25. The molecule has 24 heavy (non-hydrogen) atoms. The molecular weight excluding hydrogens is 328 g/mol. The number of carbonyl (C=O) groups excluding carboxylic acids is 1. The van der Waals surface area contributed by atoms with Crippen LogP contribution in [0.1, 0.15) is 37.0 Å². The summed E-state index contributed by atoms with van der Waals surface area (Å²) in [5.74, 6) is 0.639. The summed E-state index contributed by atoms with van der Waals surface area (Å²) in [6.45, 7) is 5.25. The maximum Gasteiger partial charge on any atom is 0.269 e. The number of aromatic nitrogens is 4. The van der Waals surface area contributed by atoms with E-state index in [1.54, 1.807) is 24.3 Å². The summed E-state index contributed by atoms with van der Waals surface area (Å²) >= 11 is 5.09. The molecule has 2 rings (SSSR count). The van der Waals surface area contributed by atoms with Crippen LogP contribution in [0, 0.1) is 0 Å². The van der Waals surface area contributed by atoms with E-state index in [1.165, 1.54) is 4.80 Å². The Morgan fingerprint density at radius 2 is 2.04 bits per heavy atom. The summed E-state index contributed by atoms with van der Waals surface area (Å²) in [6.07, 6.45) is 2.01. The standard InChI is InChI=1S/C15H20N6O2S/c1-3-5-10-21-19-14(18-20-21)17-15(24)16-13(22)11-6-8-12(9-7-11)23-4-2/h6-9H,3-5,10H2,1-2H3,(H2,16,17,19,22,24). The van der Waals surface area contributed by atoms with Gasteiger partial charge >= 0.3 is 0 Å². The number of hydrogen-bond acceptors (Lipinski definition) is 6. The lowest BCUT2D eigenvalue weighted by molar-refractivity contribution is 0.0977. The topological polar surface area (TPSA) is 94.0 Å². The number of unbranched alkanes of at least 4 members (excludes halogenated alkanes) is 1. The van der Waals surface area contributed by atoms with E-state index in [0.717, 1.165) is 12.8 Å². The van der Waals surface area contributed by atoms with E-state index < -0.39 is 0 Å². The number of carbonyl (C=O) groups is 1. The van der Waals surface area contributed by atoms with Gasteiger partial charge in [0.2, 0.25) is 0 Å². The highest BCUT2D eigenvalue weighted by atomic mass is 32.1. The Hall–Kier alpha value is -2.55. The first kappa shape index (κ1) is 17.8. The number of ether oxygens (including phenoxy) is 1. The van der Waals surface area contributed by atoms with Gasteiger partial charge in [-0.25, -0.2) is 0 Å². The van der Waals surface area contributed by atoms with Crippen molar-refractivity contribution in [3.63, 3.8) is 0 Å². The van der Waals surface area contributed by atoms with Gasteiger partial charge in [-0.3, -0.25) is 15.4 Å². The van der Waals surface area contributed by atoms with Crippen molar-refractivity contribution in [3.8, 4) is 5.75 Å². The van der Waals surface area contributed by atoms with Crippen LogP contribution in [0.5, 0.6) is 5.75 Å². The number of hydrogen-bond donors (Lipinski definition) is 2. The highest BCUT2D eigenvalue weighted by Crippen LogP contribution is 2.12. The van der Waals surface area contributed by atoms with Crippen molar-refractivity contribution in [2.45, 2.75) is 33.2 Å². The number of thiocarbonyl (C=S) groups is 1. The summed E-state index contributed by atoms with van der Waals surface area (Å²) in [5, 5.41) is 17.3. The van der Waals surface area contributed by atoms with Crippen molar-refractivity contribution in [3.05, 3.63) is 29.8 Å². The van der Waals surface area contributed by atoms with Crippen LogP contribution >= 0.6 is 12.2 Å². The zero-order valence-electron chi connectivity index (χ0n) is 13.7. The number of anilines is 1. The van der Waals surface area contributed by atoms with E-state index in [9.17, 15) is 4.79 Å². The highest BCUT2D eigenvalue weighted by Gasteiger charge is 2.10. The molecule has 0 radical (unpaired) electrons. The summed E-state index contributed by atoms with van der Waals surface area (Å²) in [6, 6.07) is 6.80. The van der Waals surface area contributed by atoms with Crippen molar-refractivity contribution in [2.24, 2.45) is 0 Å². The van der Waals surface area contributed by atoms with Gasteiger partial charge in [-0.1, -0.05) is 18.4 Å². The first-order valence-corrected chi connectivity index (χ1v) is 8.16. The molecule has 1 heterocycles. The minimum absolute atomic E-state index is 0.115. The number of aryl methyl sites for hydroxylation is 1. The van der Waals surface area contributed by atoms with Crippen LogP contribution in [0.2, 0.25) is 0 Å². The molecular formula is C15H20N6O2S. The summed E-state index contributed by atoms with van der Waals surface area (Å²) in [5.41, 5.74) is 0.474. The van der Waals surface area contributed by atoms with Gasteiger partial charge < -0.3 is 4.74 Å². The molecule has 0 aliphatic rings. The summed E-state index contributed by atoms with van der Waals surface area (Å²) in [4.78, 5) is 13.6. The Kier molecular flexibility index (Phi) is 6.62. The average Bonchev–Trinajstić information content (AvgIpc) is 3.01. The highest BCUT2D eigenvalue weighted by molar-refractivity contribution is 7.80. The summed E-state index contributed by atoms with van der Waals surface area (Å²) in [7, 11) is 0. The van der Waals surface area contributed by atoms with Crippen LogP contribution in [0.4, 0.5) is 5.95 Å². The second-order valence-corrected chi connectivity index (χ2v) is 5.34. The van der Waals surface area contributed by atoms with Gasteiger partial charge in [0.1, 0.15) is 5.75 Å². The maximum atomic E-state index is 12.1. The van der Waals surface area contributed by atoms with E-state index in [2.05, 4.69) is 33.0 Å². The normalized spacial score (nSPS) is 10.2. The van der Waals surface area contributed by atoms with Gasteiger partial charge in [0.05, 0.1) is 13.2 Å². The Balaban J connectivity index is 1.86. The molecule has 0 saturated carbocycles. The second kappa shape index (κ2) is 8.92. The van der Waals surface area contributed by atoms with Crippen LogP contribution in [-0.2, 0) is 6.54 Å². The molecule has 0 fully saturated rings. The number of rotatable bonds is 7. The van der Waals surface area contributed by atoms with E-state index in [-0.39, 0.29) is 17.0 Å². The van der Waals surface area contributed by atoms with Gasteiger partial charge in [0, 0.05) is 5.56 Å². The number of amides is 1. The van der Waals surface area contributed by atoms with Crippen molar-refractivity contribution in [2.75, 3.05) is 11.9 Å². The molecule has 1 aromatic heterocycles. The first-order chi connectivity index (χ1) is 11.6. The fourth-order valence-corrected chi connectivity index (χ4v) is 2.05. The first-order valence-electron chi connectivity index (χ1n) is 7.75. The van der Waals surface area contributed by atoms with Crippen LogP contribution in [0.25, 0.3) is 0 Å². The quantitative estimate of drug-likeness (QED) is 0.739. The molecule has 2 N–H and O–H groups in total. The van der Waals surface area contributed by atoms with E-state index in [1.807, 2.05) is 6.92 Å². The van der Waals surface area contributed by atoms with E-state index in [4.69, 9.17) is 17.0 Å². The van der Waals surface area contributed by atoms with Gasteiger partial charge in [0.15, 0.2) is 5.11 Å². The Morgan fingerprint density at radius 3 is 2.71 bits per heavy atom. The zero-order valence-corrected chi connectivity index (χ0v) is 14.5. The molecule has 2 aromatic rings. The SMILES string of the molecule is CCCCn1nnc(NC(=S)NC(=O)c2ccc(OCC)cc2)n1. The van der Waals surface area contributed by atoms with E-state index in [0.29, 0.717) is 24.5 Å². The molecule has 128 valence electrons. The van der Waals surface area contributed by atoms with Crippen LogP contribution in [-0.4, -0.2) is 37.8 Å². The predicted octanol–water partition coefficient (Wildman–Crippen LogP) is 2.00. The predicted molar refractivity (Wildman–Crippen MR) is 94.0 cm³/mol. The second-order valence-electron chi connectivity index (χ2n) is 4.93. The largest absolute Gasteiger partial charge is 0.494 e. The monoisotopic (exact) mass is 348 g/mol. The maximum absolute atomic E-state index is 12.1. The molecule has 1 aromatic carbocycles. The number of nitrogens with one attached hydrogen (secondary N) is 2. The molecule has 0 atom stereocenters. The van der Waals surface area contributed by atoms with Crippen LogP contribution in [0.15, 0.2) is 24.3 Å². The van der Waals surface area contributed by atoms with Crippen LogP contribution < -0.4 is 15.4 Å². The Bertz CT molecular complexity index is 686. The lowest BCUT2D eigenvalue weighted by Crippen LogP contribution is -2.34. The number of benzene rings is 1. The minimum atomic E-state index is -0.325. The van der Waals surface area contributed by atoms with Gasteiger partial charge in [0.25, 0.3) is 11.9 Å². The van der Waals surface area contributed by atoms with Crippen molar-refractivity contribution in [1.29, 1.82) is 0 Å². The molecule has 9 heteroatoms. The zero-order chi connectivity index (χ0) is 17.4. The molecule has 0 aliphatic carbocycles.